The van der Waals surface area contributed by atoms with Crippen LogP contribution in [0.25, 0.3) is 0 Å². The fourth-order valence-electron chi connectivity index (χ4n) is 2.64. The van der Waals surface area contributed by atoms with Gasteiger partial charge in [0.25, 0.3) is 5.91 Å². The van der Waals surface area contributed by atoms with Gasteiger partial charge in [0.15, 0.2) is 5.13 Å². The van der Waals surface area contributed by atoms with Gasteiger partial charge in [0, 0.05) is 6.54 Å². The summed E-state index contributed by atoms with van der Waals surface area (Å²) in [4.78, 5) is 17.3. The number of amides is 1. The highest BCUT2D eigenvalue weighted by Crippen LogP contribution is 2.31. The lowest BCUT2D eigenvalue weighted by molar-refractivity contribution is -0.274. The molecule has 0 fully saturated rings. The molecule has 0 unspecified atom stereocenters. The van der Waals surface area contributed by atoms with E-state index in [1.54, 1.807) is 26.2 Å². The summed E-state index contributed by atoms with van der Waals surface area (Å²) in [5, 5.41) is 6.33. The highest BCUT2D eigenvalue weighted by Gasteiger charge is 2.31. The number of methoxy groups -OCH3 is 1. The Bertz CT molecular complexity index is 1040. The normalized spacial score (nSPS) is 11.1. The van der Waals surface area contributed by atoms with Crippen LogP contribution in [-0.4, -0.2) is 24.4 Å². The maximum absolute atomic E-state index is 12.5. The number of hydrogen-bond donors (Lipinski definition) is 2. The third-order valence-corrected chi connectivity index (χ3v) is 5.01. The zero-order valence-electron chi connectivity index (χ0n) is 16.0. The molecular weight excluding hydrogens is 419 g/mol. The fraction of sp³-hybridized carbons (Fsp3) is 0.200. The van der Waals surface area contributed by atoms with Crippen LogP contribution in [0, 0.1) is 6.92 Å². The molecule has 2 N–H and O–H groups in total. The first-order valence-corrected chi connectivity index (χ1v) is 9.57. The van der Waals surface area contributed by atoms with Gasteiger partial charge in [-0.25, -0.2) is 4.98 Å². The van der Waals surface area contributed by atoms with Crippen LogP contribution >= 0.6 is 11.3 Å². The summed E-state index contributed by atoms with van der Waals surface area (Å²) in [7, 11) is 1.56. The van der Waals surface area contributed by atoms with Crippen molar-refractivity contribution in [2.45, 2.75) is 19.8 Å². The monoisotopic (exact) mass is 437 g/mol. The molecule has 0 atom stereocenters. The lowest BCUT2D eigenvalue weighted by Gasteiger charge is -2.10. The minimum atomic E-state index is -4.77. The fourth-order valence-corrected chi connectivity index (χ4v) is 3.53. The molecule has 0 aliphatic carbocycles. The number of aryl methyl sites for hydroxylation is 1. The van der Waals surface area contributed by atoms with Gasteiger partial charge in [0.2, 0.25) is 0 Å². The predicted molar refractivity (Wildman–Crippen MR) is 107 cm³/mol. The number of ether oxygens (including phenoxy) is 2. The summed E-state index contributed by atoms with van der Waals surface area (Å²) in [5.41, 5.74) is 1.71. The number of nitrogens with zero attached hydrogens (tertiary/aromatic N) is 1. The van der Waals surface area contributed by atoms with Gasteiger partial charge in [-0.2, -0.15) is 0 Å². The first kappa shape index (κ1) is 21.4. The van der Waals surface area contributed by atoms with Crippen molar-refractivity contribution in [1.82, 2.24) is 10.3 Å². The predicted octanol–water partition coefficient (Wildman–Crippen LogP) is 5.03. The molecule has 2 aromatic carbocycles. The number of rotatable bonds is 7. The van der Waals surface area contributed by atoms with E-state index in [2.05, 4.69) is 20.4 Å². The average Bonchev–Trinajstić information content (AvgIpc) is 3.05. The number of carbonyl (C=O) groups is 1. The van der Waals surface area contributed by atoms with E-state index in [0.717, 1.165) is 11.3 Å². The van der Waals surface area contributed by atoms with Gasteiger partial charge < -0.3 is 20.1 Å². The van der Waals surface area contributed by atoms with Crippen molar-refractivity contribution >= 4 is 28.1 Å². The molecule has 0 aliphatic rings. The lowest BCUT2D eigenvalue weighted by Crippen LogP contribution is -2.22. The number of anilines is 2. The minimum absolute atomic E-state index is 0.0422. The maximum Gasteiger partial charge on any atom is 0.573 e. The number of aromatic nitrogens is 1. The van der Waals surface area contributed by atoms with Crippen molar-refractivity contribution in [3.05, 3.63) is 64.7 Å². The maximum atomic E-state index is 12.5. The van der Waals surface area contributed by atoms with E-state index in [4.69, 9.17) is 4.74 Å². The van der Waals surface area contributed by atoms with Crippen LogP contribution in [0.15, 0.2) is 48.5 Å². The average molecular weight is 437 g/mol. The van der Waals surface area contributed by atoms with Gasteiger partial charge in [-0.1, -0.05) is 35.6 Å². The van der Waals surface area contributed by atoms with E-state index in [9.17, 15) is 18.0 Å². The Morgan fingerprint density at radius 2 is 1.93 bits per heavy atom. The van der Waals surface area contributed by atoms with Crippen molar-refractivity contribution in [2.75, 3.05) is 12.4 Å². The second-order valence-electron chi connectivity index (χ2n) is 6.14. The molecule has 10 heteroatoms. The van der Waals surface area contributed by atoms with E-state index >= 15 is 0 Å². The molecule has 0 saturated heterocycles. The molecule has 0 spiro atoms. The highest BCUT2D eigenvalue weighted by molar-refractivity contribution is 7.17. The Hall–Kier alpha value is -3.27. The van der Waals surface area contributed by atoms with Gasteiger partial charge in [-0.15, -0.1) is 13.2 Å². The molecule has 3 rings (SSSR count). The third-order valence-electron chi connectivity index (χ3n) is 3.94. The second kappa shape index (κ2) is 9.04. The van der Waals surface area contributed by atoms with Crippen molar-refractivity contribution in [1.29, 1.82) is 0 Å². The molecule has 0 saturated carbocycles. The number of halogens is 3. The molecule has 0 bridgehead atoms. The Morgan fingerprint density at radius 3 is 2.67 bits per heavy atom. The largest absolute Gasteiger partial charge is 0.573 e. The van der Waals surface area contributed by atoms with E-state index in [1.807, 2.05) is 18.2 Å². The first-order valence-electron chi connectivity index (χ1n) is 8.75. The third kappa shape index (κ3) is 5.63. The molecule has 1 amide bonds. The van der Waals surface area contributed by atoms with E-state index in [-0.39, 0.29) is 18.2 Å². The van der Waals surface area contributed by atoms with Crippen molar-refractivity contribution < 1.29 is 27.4 Å². The van der Waals surface area contributed by atoms with E-state index in [1.165, 1.54) is 18.2 Å². The van der Waals surface area contributed by atoms with E-state index in [0.29, 0.717) is 32.7 Å². The molecular formula is C20H18F3N3O3S. The van der Waals surface area contributed by atoms with Crippen molar-refractivity contribution in [3.8, 4) is 11.5 Å². The molecule has 158 valence electrons. The Labute approximate surface area is 174 Å². The number of hydrogen-bond acceptors (Lipinski definition) is 6. The smallest absolute Gasteiger partial charge is 0.495 e. The second-order valence-corrected chi connectivity index (χ2v) is 7.14. The Morgan fingerprint density at radius 1 is 1.17 bits per heavy atom. The lowest BCUT2D eigenvalue weighted by atomic mass is 10.2. The minimum Gasteiger partial charge on any atom is -0.495 e. The summed E-state index contributed by atoms with van der Waals surface area (Å²) >= 11 is 1.16. The quantitative estimate of drug-likeness (QED) is 0.542. The summed E-state index contributed by atoms with van der Waals surface area (Å²) < 4.78 is 46.2. The summed E-state index contributed by atoms with van der Waals surface area (Å²) in [6, 6.07) is 12.7. The van der Waals surface area contributed by atoms with Gasteiger partial charge in [-0.3, -0.25) is 4.79 Å². The van der Waals surface area contributed by atoms with Gasteiger partial charge in [0.05, 0.1) is 18.5 Å². The van der Waals surface area contributed by atoms with Crippen LogP contribution in [0.3, 0.4) is 0 Å². The number of para-hydroxylation sites is 2. The molecule has 0 radical (unpaired) electrons. The zero-order chi connectivity index (χ0) is 21.7. The Kier molecular flexibility index (Phi) is 6.46. The van der Waals surface area contributed by atoms with Crippen molar-refractivity contribution in [2.24, 2.45) is 0 Å². The summed E-state index contributed by atoms with van der Waals surface area (Å²) in [6.45, 7) is 1.75. The van der Waals surface area contributed by atoms with Crippen LogP contribution < -0.4 is 20.1 Å². The van der Waals surface area contributed by atoms with E-state index < -0.39 is 6.36 Å². The number of thiazole rings is 1. The van der Waals surface area contributed by atoms with Gasteiger partial charge in [-0.05, 0) is 36.8 Å². The number of nitrogens with one attached hydrogen (secondary N) is 2. The van der Waals surface area contributed by atoms with Gasteiger partial charge >= 0.3 is 6.36 Å². The highest BCUT2D eigenvalue weighted by atomic mass is 32.1. The summed E-state index contributed by atoms with van der Waals surface area (Å²) in [6.07, 6.45) is -4.77. The van der Waals surface area contributed by atoms with Crippen LogP contribution in [0.4, 0.5) is 24.0 Å². The van der Waals surface area contributed by atoms with Crippen molar-refractivity contribution in [3.63, 3.8) is 0 Å². The molecule has 1 heterocycles. The van der Waals surface area contributed by atoms with Crippen LogP contribution in [0.2, 0.25) is 0 Å². The number of benzene rings is 2. The molecule has 30 heavy (non-hydrogen) atoms. The van der Waals surface area contributed by atoms with Crippen LogP contribution in [0.5, 0.6) is 11.5 Å². The Balaban J connectivity index is 1.66. The molecule has 6 nitrogen and oxygen atoms in total. The molecule has 0 aliphatic heterocycles. The zero-order valence-corrected chi connectivity index (χ0v) is 16.9. The van der Waals surface area contributed by atoms with Crippen LogP contribution in [-0.2, 0) is 6.54 Å². The molecule has 1 aromatic heterocycles. The summed E-state index contributed by atoms with van der Waals surface area (Å²) in [5.74, 6) is -0.0796. The topological polar surface area (TPSA) is 72.5 Å². The molecule has 3 aromatic rings. The SMILES string of the molecule is COc1ccccc1Nc1nc(C)c(C(=O)NCc2cccc(OC(F)(F)F)c2)s1. The van der Waals surface area contributed by atoms with Crippen LogP contribution in [0.1, 0.15) is 20.9 Å². The van der Waals surface area contributed by atoms with Gasteiger partial charge in [0.1, 0.15) is 16.4 Å². The number of carbonyl (C=O) groups excluding carboxylic acids is 1. The first-order chi connectivity index (χ1) is 14.2. The number of alkyl halides is 3. The standard InChI is InChI=1S/C20H18F3N3O3S/c1-12-17(30-19(25-12)26-15-8-3-4-9-16(15)28-2)18(27)24-11-13-6-5-7-14(10-13)29-20(21,22)23/h3-10H,11H2,1-2H3,(H,24,27)(H,25,26).